The highest BCUT2D eigenvalue weighted by molar-refractivity contribution is 9.10. The molecule has 0 unspecified atom stereocenters. The minimum absolute atomic E-state index is 0.0455. The molecule has 4 nitrogen and oxygen atoms in total. The Balaban J connectivity index is 1.46. The fourth-order valence-electron chi connectivity index (χ4n) is 2.52. The van der Waals surface area contributed by atoms with E-state index in [-0.39, 0.29) is 5.91 Å². The molecule has 0 bridgehead atoms. The number of fused-ring (bicyclic) bond motifs is 1. The molecule has 3 N–H and O–H groups in total. The predicted molar refractivity (Wildman–Crippen MR) is 97.6 cm³/mol. The van der Waals surface area contributed by atoms with Crippen molar-refractivity contribution < 1.29 is 4.79 Å². The molecule has 0 radical (unpaired) electrons. The van der Waals surface area contributed by atoms with Gasteiger partial charge in [-0.05, 0) is 52.7 Å². The number of benzene rings is 2. The van der Waals surface area contributed by atoms with Crippen LogP contribution in [-0.4, -0.2) is 24.0 Å². The molecule has 3 aromatic rings. The van der Waals surface area contributed by atoms with Crippen LogP contribution >= 0.6 is 15.9 Å². The molecular formula is C18H18BrN3O. The quantitative estimate of drug-likeness (QED) is 0.578. The van der Waals surface area contributed by atoms with Gasteiger partial charge in [-0.1, -0.05) is 30.3 Å². The lowest BCUT2D eigenvalue weighted by Crippen LogP contribution is -2.29. The van der Waals surface area contributed by atoms with Crippen molar-refractivity contribution in [1.29, 1.82) is 0 Å². The lowest BCUT2D eigenvalue weighted by atomic mass is 10.1. The number of H-pyrrole nitrogens is 1. The highest BCUT2D eigenvalue weighted by atomic mass is 79.9. The van der Waals surface area contributed by atoms with Crippen LogP contribution in [0.1, 0.15) is 5.56 Å². The maximum absolute atomic E-state index is 11.9. The van der Waals surface area contributed by atoms with Crippen LogP contribution in [0, 0.1) is 0 Å². The van der Waals surface area contributed by atoms with E-state index in [2.05, 4.69) is 43.7 Å². The smallest absolute Gasteiger partial charge is 0.238 e. The Hall–Kier alpha value is -2.11. The van der Waals surface area contributed by atoms with Gasteiger partial charge in [0, 0.05) is 21.6 Å². The predicted octanol–water partition coefficient (Wildman–Crippen LogP) is 3.70. The fraction of sp³-hybridized carbons (Fsp3) is 0.167. The number of halogens is 1. The summed E-state index contributed by atoms with van der Waals surface area (Å²) in [7, 11) is 0. The lowest BCUT2D eigenvalue weighted by molar-refractivity contribution is -0.115. The van der Waals surface area contributed by atoms with Crippen LogP contribution in [0.3, 0.4) is 0 Å². The van der Waals surface area contributed by atoms with Crippen molar-refractivity contribution in [2.24, 2.45) is 0 Å². The van der Waals surface area contributed by atoms with E-state index in [0.717, 1.165) is 28.6 Å². The number of hydrogen-bond acceptors (Lipinski definition) is 2. The second kappa shape index (κ2) is 7.44. The minimum atomic E-state index is -0.0455. The molecule has 0 spiro atoms. The van der Waals surface area contributed by atoms with E-state index in [1.165, 1.54) is 10.9 Å². The summed E-state index contributed by atoms with van der Waals surface area (Å²) in [4.78, 5) is 15.2. The third-order valence-corrected chi connectivity index (χ3v) is 4.37. The van der Waals surface area contributed by atoms with E-state index in [9.17, 15) is 4.79 Å². The van der Waals surface area contributed by atoms with Crippen molar-refractivity contribution in [3.05, 3.63) is 64.8 Å². The summed E-state index contributed by atoms with van der Waals surface area (Å²) in [5.74, 6) is -0.0455. The largest absolute Gasteiger partial charge is 0.361 e. The summed E-state index contributed by atoms with van der Waals surface area (Å²) < 4.78 is 0.882. The van der Waals surface area contributed by atoms with Gasteiger partial charge < -0.3 is 15.6 Å². The van der Waals surface area contributed by atoms with Crippen molar-refractivity contribution in [2.45, 2.75) is 6.42 Å². The van der Waals surface area contributed by atoms with Gasteiger partial charge in [-0.3, -0.25) is 4.79 Å². The van der Waals surface area contributed by atoms with Crippen LogP contribution in [0.25, 0.3) is 10.9 Å². The molecule has 0 saturated carbocycles. The van der Waals surface area contributed by atoms with Gasteiger partial charge in [-0.25, -0.2) is 0 Å². The van der Waals surface area contributed by atoms with Gasteiger partial charge in [0.25, 0.3) is 0 Å². The van der Waals surface area contributed by atoms with Crippen molar-refractivity contribution in [1.82, 2.24) is 10.3 Å². The first kappa shape index (κ1) is 15.8. The number of rotatable bonds is 6. The van der Waals surface area contributed by atoms with E-state index in [1.54, 1.807) is 0 Å². The number of amides is 1. The summed E-state index contributed by atoms with van der Waals surface area (Å²) in [6.45, 7) is 1.05. The Morgan fingerprint density at radius 2 is 1.87 bits per heavy atom. The van der Waals surface area contributed by atoms with E-state index in [1.807, 2.05) is 42.6 Å². The Morgan fingerprint density at radius 1 is 1.09 bits per heavy atom. The zero-order valence-electron chi connectivity index (χ0n) is 12.6. The molecule has 0 saturated heterocycles. The van der Waals surface area contributed by atoms with Gasteiger partial charge in [-0.15, -0.1) is 0 Å². The zero-order chi connectivity index (χ0) is 16.1. The number of carbonyl (C=O) groups excluding carboxylic acids is 1. The van der Waals surface area contributed by atoms with Crippen LogP contribution in [0.5, 0.6) is 0 Å². The number of aromatic nitrogens is 1. The molecule has 0 aliphatic heterocycles. The number of aromatic amines is 1. The van der Waals surface area contributed by atoms with Crippen molar-refractivity contribution >= 4 is 38.4 Å². The van der Waals surface area contributed by atoms with Crippen molar-refractivity contribution in [3.63, 3.8) is 0 Å². The minimum Gasteiger partial charge on any atom is -0.361 e. The average molecular weight is 372 g/mol. The van der Waals surface area contributed by atoms with E-state index in [4.69, 9.17) is 0 Å². The summed E-state index contributed by atoms with van der Waals surface area (Å²) in [5, 5.41) is 7.31. The third kappa shape index (κ3) is 4.00. The van der Waals surface area contributed by atoms with Crippen LogP contribution in [0.4, 0.5) is 5.69 Å². The molecule has 118 valence electrons. The molecule has 5 heteroatoms. The van der Waals surface area contributed by atoms with E-state index < -0.39 is 0 Å². The highest BCUT2D eigenvalue weighted by Gasteiger charge is 2.05. The second-order valence-corrected chi connectivity index (χ2v) is 6.17. The number of hydrogen-bond donors (Lipinski definition) is 3. The Kier molecular flexibility index (Phi) is 5.10. The van der Waals surface area contributed by atoms with Crippen LogP contribution in [-0.2, 0) is 11.2 Å². The van der Waals surface area contributed by atoms with Gasteiger partial charge in [0.05, 0.1) is 12.2 Å². The van der Waals surface area contributed by atoms with Gasteiger partial charge in [0.2, 0.25) is 5.91 Å². The normalized spacial score (nSPS) is 10.8. The average Bonchev–Trinajstić information content (AvgIpc) is 2.97. The van der Waals surface area contributed by atoms with E-state index >= 15 is 0 Å². The van der Waals surface area contributed by atoms with Gasteiger partial charge >= 0.3 is 0 Å². The molecule has 23 heavy (non-hydrogen) atoms. The Labute approximate surface area is 143 Å². The Bertz CT molecular complexity index is 813. The number of para-hydroxylation sites is 2. The lowest BCUT2D eigenvalue weighted by Gasteiger charge is -2.08. The fourth-order valence-corrected chi connectivity index (χ4v) is 2.90. The third-order valence-electron chi connectivity index (χ3n) is 3.68. The molecular weight excluding hydrogens is 354 g/mol. The summed E-state index contributed by atoms with van der Waals surface area (Å²) in [6, 6.07) is 15.8. The maximum Gasteiger partial charge on any atom is 0.238 e. The first-order chi connectivity index (χ1) is 11.2. The number of carbonyl (C=O) groups is 1. The monoisotopic (exact) mass is 371 g/mol. The summed E-state index contributed by atoms with van der Waals surface area (Å²) in [5.41, 5.74) is 3.20. The molecule has 0 aliphatic carbocycles. The molecule has 0 fully saturated rings. The summed E-state index contributed by atoms with van der Waals surface area (Å²) >= 11 is 3.42. The molecule has 0 aliphatic rings. The van der Waals surface area contributed by atoms with Crippen molar-refractivity contribution in [2.75, 3.05) is 18.4 Å². The van der Waals surface area contributed by atoms with Gasteiger partial charge in [0.15, 0.2) is 0 Å². The molecule has 0 atom stereocenters. The van der Waals surface area contributed by atoms with Gasteiger partial charge in [-0.2, -0.15) is 0 Å². The first-order valence-electron chi connectivity index (χ1n) is 7.54. The zero-order valence-corrected chi connectivity index (χ0v) is 14.2. The number of nitrogens with one attached hydrogen (secondary N) is 3. The molecule has 1 amide bonds. The van der Waals surface area contributed by atoms with E-state index in [0.29, 0.717) is 6.54 Å². The Morgan fingerprint density at radius 3 is 2.74 bits per heavy atom. The van der Waals surface area contributed by atoms with Crippen LogP contribution in [0.15, 0.2) is 59.2 Å². The standard InChI is InChI=1S/C18H18BrN3O/c19-15-6-2-4-8-17(15)22-18(23)12-20-10-9-13-11-21-16-7-3-1-5-14(13)16/h1-8,11,20-21H,9-10,12H2,(H,22,23). The first-order valence-corrected chi connectivity index (χ1v) is 8.33. The van der Waals surface area contributed by atoms with Crippen LogP contribution in [0.2, 0.25) is 0 Å². The molecule has 3 rings (SSSR count). The number of anilines is 1. The van der Waals surface area contributed by atoms with Crippen molar-refractivity contribution in [3.8, 4) is 0 Å². The maximum atomic E-state index is 11.9. The topological polar surface area (TPSA) is 56.9 Å². The highest BCUT2D eigenvalue weighted by Crippen LogP contribution is 2.21. The second-order valence-electron chi connectivity index (χ2n) is 5.31. The molecule has 1 aromatic heterocycles. The summed E-state index contributed by atoms with van der Waals surface area (Å²) in [6.07, 6.45) is 2.92. The molecule has 1 heterocycles. The SMILES string of the molecule is O=C(CNCCc1c[nH]c2ccccc12)Nc1ccccc1Br. The molecule has 2 aromatic carbocycles. The van der Waals surface area contributed by atoms with Gasteiger partial charge in [0.1, 0.15) is 0 Å². The van der Waals surface area contributed by atoms with Crippen LogP contribution < -0.4 is 10.6 Å².